The summed E-state index contributed by atoms with van der Waals surface area (Å²) in [6.45, 7) is 2.00. The molecule has 1 aromatic carbocycles. The molecule has 1 aromatic rings. The summed E-state index contributed by atoms with van der Waals surface area (Å²) < 4.78 is 10.9. The van der Waals surface area contributed by atoms with Gasteiger partial charge >= 0.3 is 5.97 Å². The highest BCUT2D eigenvalue weighted by Gasteiger charge is 2.32. The molecule has 6 nitrogen and oxygen atoms in total. The standard InChI is InChI=1S/C14H15NO5/c16-13(17)5-9-7-15(8-9)14(18)10-1-2-11-12(6-10)20-4-3-19-11/h1-2,6,9H,3-5,7-8H2,(H,16,17). The Bertz CT molecular complexity index is 550. The van der Waals surface area contributed by atoms with Gasteiger partial charge in [-0.3, -0.25) is 9.59 Å². The third kappa shape index (κ3) is 2.41. The number of carboxylic acids is 1. The molecular formula is C14H15NO5. The van der Waals surface area contributed by atoms with Gasteiger partial charge in [0.2, 0.25) is 0 Å². The fourth-order valence-corrected chi connectivity index (χ4v) is 2.47. The van der Waals surface area contributed by atoms with Crippen molar-refractivity contribution in [3.63, 3.8) is 0 Å². The van der Waals surface area contributed by atoms with Crippen LogP contribution in [0.4, 0.5) is 0 Å². The molecule has 6 heteroatoms. The molecular weight excluding hydrogens is 262 g/mol. The van der Waals surface area contributed by atoms with Crippen LogP contribution < -0.4 is 9.47 Å². The molecule has 1 N–H and O–H groups in total. The van der Waals surface area contributed by atoms with Gasteiger partial charge in [-0.1, -0.05) is 0 Å². The first-order valence-electron chi connectivity index (χ1n) is 6.54. The Balaban J connectivity index is 1.65. The minimum atomic E-state index is -0.818. The number of hydrogen-bond acceptors (Lipinski definition) is 4. The molecule has 0 unspecified atom stereocenters. The molecule has 2 aliphatic heterocycles. The number of hydrogen-bond donors (Lipinski definition) is 1. The van der Waals surface area contributed by atoms with Crippen molar-refractivity contribution in [3.8, 4) is 11.5 Å². The molecule has 1 amide bonds. The van der Waals surface area contributed by atoms with Crippen molar-refractivity contribution in [3.05, 3.63) is 23.8 Å². The SMILES string of the molecule is O=C(O)CC1CN(C(=O)c2ccc3c(c2)OCCO3)C1. The Labute approximate surface area is 115 Å². The highest BCUT2D eigenvalue weighted by Crippen LogP contribution is 2.32. The first-order chi connectivity index (χ1) is 9.63. The zero-order valence-corrected chi connectivity index (χ0v) is 10.9. The predicted octanol–water partition coefficient (Wildman–Crippen LogP) is 1.00. The van der Waals surface area contributed by atoms with Crippen molar-refractivity contribution < 1.29 is 24.2 Å². The van der Waals surface area contributed by atoms with Crippen molar-refractivity contribution in [2.45, 2.75) is 6.42 Å². The average Bonchev–Trinajstić information content (AvgIpc) is 2.41. The van der Waals surface area contributed by atoms with Crippen molar-refractivity contribution in [2.24, 2.45) is 5.92 Å². The van der Waals surface area contributed by atoms with Crippen LogP contribution in [0.1, 0.15) is 16.8 Å². The van der Waals surface area contributed by atoms with E-state index < -0.39 is 5.97 Å². The lowest BCUT2D eigenvalue weighted by atomic mass is 9.95. The summed E-state index contributed by atoms with van der Waals surface area (Å²) in [6, 6.07) is 5.12. The largest absolute Gasteiger partial charge is 0.486 e. The fraction of sp³-hybridized carbons (Fsp3) is 0.429. The van der Waals surface area contributed by atoms with Crippen LogP contribution in [0.5, 0.6) is 11.5 Å². The third-order valence-corrected chi connectivity index (χ3v) is 3.50. The second-order valence-corrected chi connectivity index (χ2v) is 5.03. The number of aliphatic carboxylic acids is 1. The maximum absolute atomic E-state index is 12.2. The Kier molecular flexibility index (Phi) is 3.22. The van der Waals surface area contributed by atoms with Gasteiger partial charge in [0.05, 0.1) is 6.42 Å². The van der Waals surface area contributed by atoms with Crippen molar-refractivity contribution in [1.29, 1.82) is 0 Å². The van der Waals surface area contributed by atoms with Gasteiger partial charge in [-0.15, -0.1) is 0 Å². The normalized spacial score (nSPS) is 17.5. The van der Waals surface area contributed by atoms with Gasteiger partial charge in [0.15, 0.2) is 11.5 Å². The van der Waals surface area contributed by atoms with Crippen LogP contribution in [0.15, 0.2) is 18.2 Å². The molecule has 2 aliphatic rings. The second kappa shape index (κ2) is 5.03. The van der Waals surface area contributed by atoms with E-state index in [-0.39, 0.29) is 18.2 Å². The highest BCUT2D eigenvalue weighted by molar-refractivity contribution is 5.95. The van der Waals surface area contributed by atoms with E-state index in [1.54, 1.807) is 23.1 Å². The van der Waals surface area contributed by atoms with Crippen LogP contribution in [-0.2, 0) is 4.79 Å². The average molecular weight is 277 g/mol. The lowest BCUT2D eigenvalue weighted by molar-refractivity contribution is -0.139. The van der Waals surface area contributed by atoms with E-state index in [0.717, 1.165) is 0 Å². The van der Waals surface area contributed by atoms with Gasteiger partial charge in [-0.25, -0.2) is 0 Å². The number of fused-ring (bicyclic) bond motifs is 1. The first kappa shape index (κ1) is 12.8. The highest BCUT2D eigenvalue weighted by atomic mass is 16.6. The molecule has 0 saturated carbocycles. The summed E-state index contributed by atoms with van der Waals surface area (Å²) in [4.78, 5) is 24.5. The van der Waals surface area contributed by atoms with Gasteiger partial charge < -0.3 is 19.5 Å². The van der Waals surface area contributed by atoms with Gasteiger partial charge in [0.1, 0.15) is 13.2 Å². The number of rotatable bonds is 3. The van der Waals surface area contributed by atoms with Crippen molar-refractivity contribution in [1.82, 2.24) is 4.90 Å². The molecule has 0 bridgehead atoms. The number of nitrogens with zero attached hydrogens (tertiary/aromatic N) is 1. The summed E-state index contributed by atoms with van der Waals surface area (Å²) in [5.74, 6) is 0.392. The monoisotopic (exact) mass is 277 g/mol. The first-order valence-corrected chi connectivity index (χ1v) is 6.54. The lowest BCUT2D eigenvalue weighted by Gasteiger charge is -2.38. The number of ether oxygens (including phenoxy) is 2. The van der Waals surface area contributed by atoms with E-state index in [1.807, 2.05) is 0 Å². The number of carbonyl (C=O) groups excluding carboxylic acids is 1. The molecule has 20 heavy (non-hydrogen) atoms. The second-order valence-electron chi connectivity index (χ2n) is 5.03. The molecule has 0 aromatic heterocycles. The topological polar surface area (TPSA) is 76.1 Å². The summed E-state index contributed by atoms with van der Waals surface area (Å²) in [6.07, 6.45) is 0.116. The third-order valence-electron chi connectivity index (χ3n) is 3.50. The van der Waals surface area contributed by atoms with Crippen LogP contribution in [0.2, 0.25) is 0 Å². The molecule has 3 rings (SSSR count). The maximum atomic E-state index is 12.2. The van der Waals surface area contributed by atoms with E-state index in [9.17, 15) is 9.59 Å². The Morgan fingerprint density at radius 1 is 1.20 bits per heavy atom. The summed E-state index contributed by atoms with van der Waals surface area (Å²) >= 11 is 0. The molecule has 1 fully saturated rings. The molecule has 2 heterocycles. The van der Waals surface area contributed by atoms with Crippen molar-refractivity contribution >= 4 is 11.9 Å². The van der Waals surface area contributed by atoms with Crippen LogP contribution in [0.3, 0.4) is 0 Å². The van der Waals surface area contributed by atoms with Crippen LogP contribution in [-0.4, -0.2) is 48.2 Å². The van der Waals surface area contributed by atoms with E-state index in [1.165, 1.54) is 0 Å². The molecule has 0 radical (unpaired) electrons. The van der Waals surface area contributed by atoms with Gasteiger partial charge in [0.25, 0.3) is 5.91 Å². The lowest BCUT2D eigenvalue weighted by Crippen LogP contribution is -2.50. The number of carbonyl (C=O) groups is 2. The number of carboxylic acid groups (broad SMARTS) is 1. The number of benzene rings is 1. The van der Waals surface area contributed by atoms with Gasteiger partial charge in [-0.05, 0) is 18.2 Å². The zero-order chi connectivity index (χ0) is 14.1. The minimum absolute atomic E-state index is 0.0636. The number of likely N-dealkylation sites (tertiary alicyclic amines) is 1. The Morgan fingerprint density at radius 3 is 2.60 bits per heavy atom. The number of amides is 1. The van der Waals surface area contributed by atoms with E-state index in [4.69, 9.17) is 14.6 Å². The molecule has 1 saturated heterocycles. The summed E-state index contributed by atoms with van der Waals surface area (Å²) in [5.41, 5.74) is 0.544. The Hall–Kier alpha value is -2.24. The predicted molar refractivity (Wildman–Crippen MR) is 69.1 cm³/mol. The maximum Gasteiger partial charge on any atom is 0.303 e. The zero-order valence-electron chi connectivity index (χ0n) is 10.9. The quantitative estimate of drug-likeness (QED) is 0.892. The molecule has 0 spiro atoms. The van der Waals surface area contributed by atoms with Gasteiger partial charge in [0, 0.05) is 24.6 Å². The summed E-state index contributed by atoms with van der Waals surface area (Å²) in [7, 11) is 0. The van der Waals surface area contributed by atoms with Crippen LogP contribution >= 0.6 is 0 Å². The van der Waals surface area contributed by atoms with Crippen molar-refractivity contribution in [2.75, 3.05) is 26.3 Å². The molecule has 0 aliphatic carbocycles. The fourth-order valence-electron chi connectivity index (χ4n) is 2.47. The minimum Gasteiger partial charge on any atom is -0.486 e. The summed E-state index contributed by atoms with van der Waals surface area (Å²) in [5, 5.41) is 8.69. The smallest absolute Gasteiger partial charge is 0.303 e. The Morgan fingerprint density at radius 2 is 1.90 bits per heavy atom. The van der Waals surface area contributed by atoms with Gasteiger partial charge in [-0.2, -0.15) is 0 Å². The molecule has 0 atom stereocenters. The van der Waals surface area contributed by atoms with E-state index >= 15 is 0 Å². The van der Waals surface area contributed by atoms with E-state index in [2.05, 4.69) is 0 Å². The van der Waals surface area contributed by atoms with Crippen LogP contribution in [0.25, 0.3) is 0 Å². The molecule has 106 valence electrons. The van der Waals surface area contributed by atoms with Crippen LogP contribution in [0, 0.1) is 5.92 Å². The van der Waals surface area contributed by atoms with E-state index in [0.29, 0.717) is 43.4 Å².